The van der Waals surface area contributed by atoms with E-state index >= 15 is 0 Å². The van der Waals surface area contributed by atoms with Crippen molar-refractivity contribution in [2.75, 3.05) is 26.8 Å². The van der Waals surface area contributed by atoms with E-state index in [1.807, 2.05) is 6.07 Å². The first-order valence-electron chi connectivity index (χ1n) is 7.23. The first-order chi connectivity index (χ1) is 9.29. The lowest BCUT2D eigenvalue weighted by molar-refractivity contribution is 0.178. The van der Waals surface area contributed by atoms with Crippen molar-refractivity contribution in [3.05, 3.63) is 35.6 Å². The third kappa shape index (κ3) is 4.59. The normalized spacial score (nSPS) is 17.2. The molecular weight excluding hydrogens is 241 g/mol. The van der Waals surface area contributed by atoms with Gasteiger partial charge in [0.05, 0.1) is 6.61 Å². The van der Waals surface area contributed by atoms with E-state index in [2.05, 4.69) is 5.32 Å². The molecule has 0 radical (unpaired) electrons. The Morgan fingerprint density at radius 2 is 2.26 bits per heavy atom. The maximum atomic E-state index is 13.2. The highest BCUT2D eigenvalue weighted by molar-refractivity contribution is 5.17. The largest absolute Gasteiger partial charge is 0.383 e. The Kier molecular flexibility index (Phi) is 5.80. The van der Waals surface area contributed by atoms with E-state index in [0.29, 0.717) is 5.92 Å². The number of benzene rings is 1. The van der Waals surface area contributed by atoms with Crippen molar-refractivity contribution in [1.29, 1.82) is 0 Å². The van der Waals surface area contributed by atoms with Crippen molar-refractivity contribution in [2.45, 2.75) is 25.7 Å². The number of ether oxygens (including phenoxy) is 1. The molecule has 1 atom stereocenters. The average molecular weight is 265 g/mol. The minimum absolute atomic E-state index is 0.128. The summed E-state index contributed by atoms with van der Waals surface area (Å²) >= 11 is 0. The predicted molar refractivity (Wildman–Crippen MR) is 75.7 cm³/mol. The van der Waals surface area contributed by atoms with Crippen LogP contribution in [0.15, 0.2) is 24.3 Å². The van der Waals surface area contributed by atoms with Crippen LogP contribution in [0.4, 0.5) is 4.39 Å². The molecule has 3 heteroatoms. The van der Waals surface area contributed by atoms with Crippen molar-refractivity contribution in [3.8, 4) is 0 Å². The van der Waals surface area contributed by atoms with E-state index in [1.54, 1.807) is 19.2 Å². The summed E-state index contributed by atoms with van der Waals surface area (Å²) in [7, 11) is 1.72. The molecule has 0 amide bonds. The Labute approximate surface area is 115 Å². The van der Waals surface area contributed by atoms with Crippen LogP contribution < -0.4 is 5.32 Å². The molecular formula is C16H24FNO. The molecule has 0 saturated heterocycles. The van der Waals surface area contributed by atoms with Crippen LogP contribution in [0.25, 0.3) is 0 Å². The van der Waals surface area contributed by atoms with Crippen LogP contribution in [-0.4, -0.2) is 26.8 Å². The van der Waals surface area contributed by atoms with Gasteiger partial charge in [0, 0.05) is 13.7 Å². The van der Waals surface area contributed by atoms with Crippen LogP contribution in [0, 0.1) is 17.7 Å². The lowest BCUT2D eigenvalue weighted by Gasteiger charge is -2.34. The molecule has 1 N–H and O–H groups in total. The second kappa shape index (κ2) is 7.61. The zero-order valence-electron chi connectivity index (χ0n) is 11.7. The van der Waals surface area contributed by atoms with Crippen LogP contribution in [-0.2, 0) is 11.2 Å². The topological polar surface area (TPSA) is 21.3 Å². The van der Waals surface area contributed by atoms with E-state index in [0.717, 1.165) is 37.6 Å². The molecule has 1 aliphatic carbocycles. The summed E-state index contributed by atoms with van der Waals surface area (Å²) in [5.74, 6) is 1.29. The van der Waals surface area contributed by atoms with Crippen molar-refractivity contribution >= 4 is 0 Å². The van der Waals surface area contributed by atoms with E-state index in [-0.39, 0.29) is 5.82 Å². The summed E-state index contributed by atoms with van der Waals surface area (Å²) < 4.78 is 18.3. The predicted octanol–water partition coefficient (Wildman–Crippen LogP) is 3.02. The van der Waals surface area contributed by atoms with Crippen molar-refractivity contribution in [1.82, 2.24) is 5.32 Å². The van der Waals surface area contributed by atoms with Gasteiger partial charge in [-0.1, -0.05) is 31.4 Å². The Bertz CT molecular complexity index is 379. The molecule has 1 fully saturated rings. The molecule has 1 unspecified atom stereocenters. The molecule has 0 bridgehead atoms. The smallest absolute Gasteiger partial charge is 0.123 e. The number of nitrogens with one attached hydrogen (secondary N) is 1. The SMILES string of the molecule is COCCNCC(Cc1cccc(F)c1)C1CCC1. The third-order valence-corrected chi connectivity index (χ3v) is 4.09. The van der Waals surface area contributed by atoms with E-state index in [4.69, 9.17) is 4.74 Å². The molecule has 1 saturated carbocycles. The summed E-state index contributed by atoms with van der Waals surface area (Å²) in [6.07, 6.45) is 4.97. The number of hydrogen-bond acceptors (Lipinski definition) is 2. The summed E-state index contributed by atoms with van der Waals surface area (Å²) in [6.45, 7) is 2.64. The van der Waals surface area contributed by atoms with Gasteiger partial charge in [-0.3, -0.25) is 0 Å². The average Bonchev–Trinajstić information content (AvgIpc) is 2.32. The molecule has 0 heterocycles. The summed E-state index contributed by atoms with van der Waals surface area (Å²) in [5.41, 5.74) is 1.12. The standard InChI is InChI=1S/C16H24FNO/c1-19-9-8-18-12-15(14-5-3-6-14)10-13-4-2-7-16(17)11-13/h2,4,7,11,14-15,18H,3,5-6,8-10,12H2,1H3. The second-order valence-electron chi connectivity index (χ2n) is 5.48. The van der Waals surface area contributed by atoms with Gasteiger partial charge in [-0.2, -0.15) is 0 Å². The lowest BCUT2D eigenvalue weighted by atomic mass is 9.73. The van der Waals surface area contributed by atoms with E-state index in [9.17, 15) is 4.39 Å². The summed E-state index contributed by atoms with van der Waals surface area (Å²) in [6, 6.07) is 7.02. The van der Waals surface area contributed by atoms with Crippen molar-refractivity contribution in [3.63, 3.8) is 0 Å². The molecule has 0 spiro atoms. The van der Waals surface area contributed by atoms with Crippen LogP contribution in [0.1, 0.15) is 24.8 Å². The summed E-state index contributed by atoms with van der Waals surface area (Å²) in [5, 5.41) is 3.45. The maximum Gasteiger partial charge on any atom is 0.123 e. The lowest BCUT2D eigenvalue weighted by Crippen LogP contribution is -2.34. The molecule has 106 valence electrons. The monoisotopic (exact) mass is 265 g/mol. The highest BCUT2D eigenvalue weighted by atomic mass is 19.1. The van der Waals surface area contributed by atoms with E-state index < -0.39 is 0 Å². The summed E-state index contributed by atoms with van der Waals surface area (Å²) in [4.78, 5) is 0. The van der Waals surface area contributed by atoms with Crippen molar-refractivity contribution < 1.29 is 9.13 Å². The molecule has 1 aliphatic rings. The van der Waals surface area contributed by atoms with Gasteiger partial charge in [0.15, 0.2) is 0 Å². The third-order valence-electron chi connectivity index (χ3n) is 4.09. The maximum absolute atomic E-state index is 13.2. The fourth-order valence-electron chi connectivity index (χ4n) is 2.75. The number of halogens is 1. The highest BCUT2D eigenvalue weighted by Crippen LogP contribution is 2.35. The van der Waals surface area contributed by atoms with Gasteiger partial charge in [0.2, 0.25) is 0 Å². The molecule has 1 aromatic carbocycles. The quantitative estimate of drug-likeness (QED) is 0.730. The van der Waals surface area contributed by atoms with Gasteiger partial charge in [-0.05, 0) is 42.5 Å². The van der Waals surface area contributed by atoms with Gasteiger partial charge in [0.1, 0.15) is 5.82 Å². The minimum atomic E-state index is -0.128. The molecule has 1 aromatic rings. The molecule has 19 heavy (non-hydrogen) atoms. The van der Waals surface area contributed by atoms with Gasteiger partial charge >= 0.3 is 0 Å². The minimum Gasteiger partial charge on any atom is -0.383 e. The van der Waals surface area contributed by atoms with Crippen LogP contribution in [0.2, 0.25) is 0 Å². The Morgan fingerprint density at radius 1 is 1.42 bits per heavy atom. The van der Waals surface area contributed by atoms with Crippen LogP contribution in [0.3, 0.4) is 0 Å². The second-order valence-corrected chi connectivity index (χ2v) is 5.48. The first kappa shape index (κ1) is 14.5. The van der Waals surface area contributed by atoms with Crippen LogP contribution >= 0.6 is 0 Å². The fourth-order valence-corrected chi connectivity index (χ4v) is 2.75. The van der Waals surface area contributed by atoms with Gasteiger partial charge in [-0.15, -0.1) is 0 Å². The zero-order valence-corrected chi connectivity index (χ0v) is 11.7. The van der Waals surface area contributed by atoms with Gasteiger partial charge in [-0.25, -0.2) is 4.39 Å². The number of methoxy groups -OCH3 is 1. The molecule has 2 rings (SSSR count). The fraction of sp³-hybridized carbons (Fsp3) is 0.625. The number of hydrogen-bond donors (Lipinski definition) is 1. The molecule has 0 aromatic heterocycles. The Hall–Kier alpha value is -0.930. The Balaban J connectivity index is 1.86. The number of rotatable bonds is 8. The molecule has 0 aliphatic heterocycles. The molecule has 2 nitrogen and oxygen atoms in total. The van der Waals surface area contributed by atoms with Crippen LogP contribution in [0.5, 0.6) is 0 Å². The first-order valence-corrected chi connectivity index (χ1v) is 7.23. The van der Waals surface area contributed by atoms with Gasteiger partial charge < -0.3 is 10.1 Å². The Morgan fingerprint density at radius 3 is 2.89 bits per heavy atom. The zero-order chi connectivity index (χ0) is 13.5. The van der Waals surface area contributed by atoms with Crippen molar-refractivity contribution in [2.24, 2.45) is 11.8 Å². The van der Waals surface area contributed by atoms with Gasteiger partial charge in [0.25, 0.3) is 0 Å². The highest BCUT2D eigenvalue weighted by Gasteiger charge is 2.27. The van der Waals surface area contributed by atoms with E-state index in [1.165, 1.54) is 25.3 Å².